The van der Waals surface area contributed by atoms with E-state index in [-0.39, 0.29) is 0 Å². The van der Waals surface area contributed by atoms with E-state index < -0.39 is 0 Å². The Bertz CT molecular complexity index is 548. The van der Waals surface area contributed by atoms with E-state index in [2.05, 4.69) is 20.0 Å². The smallest absolute Gasteiger partial charge is 0.163 e. The monoisotopic (exact) mass is 246 g/mol. The molecule has 0 aliphatic carbocycles. The van der Waals surface area contributed by atoms with E-state index >= 15 is 0 Å². The number of aromatic nitrogens is 4. The number of hydrogen-bond donors (Lipinski definition) is 1. The first-order valence-electron chi connectivity index (χ1n) is 6.37. The average Bonchev–Trinajstić information content (AvgIpc) is 2.98. The molecule has 1 atom stereocenters. The number of nitrogens with zero attached hydrogens (tertiary/aromatic N) is 5. The molecule has 0 aromatic carbocycles. The second-order valence-electron chi connectivity index (χ2n) is 4.88. The van der Waals surface area contributed by atoms with Gasteiger partial charge in [0, 0.05) is 20.1 Å². The van der Waals surface area contributed by atoms with Gasteiger partial charge in [-0.25, -0.2) is 9.97 Å². The Morgan fingerprint density at radius 3 is 3.17 bits per heavy atom. The molecule has 0 amide bonds. The van der Waals surface area contributed by atoms with Gasteiger partial charge in [0.25, 0.3) is 0 Å². The van der Waals surface area contributed by atoms with Gasteiger partial charge in [0.2, 0.25) is 0 Å². The normalized spacial score (nSPS) is 19.9. The standard InChI is InChI=1S/C12H18N6/c1-17-11-10(6-16-17)12(15-8-14-11)18-5-3-9(7-18)2-4-13/h6,8-9H,2-5,7,13H2,1H3. The van der Waals surface area contributed by atoms with E-state index in [0.717, 1.165) is 42.9 Å². The molecule has 6 nitrogen and oxygen atoms in total. The third-order valence-electron chi connectivity index (χ3n) is 3.67. The molecular formula is C12H18N6. The summed E-state index contributed by atoms with van der Waals surface area (Å²) in [6.07, 6.45) is 5.76. The van der Waals surface area contributed by atoms with Crippen LogP contribution in [0.1, 0.15) is 12.8 Å². The highest BCUT2D eigenvalue weighted by molar-refractivity contribution is 5.86. The average molecular weight is 246 g/mol. The van der Waals surface area contributed by atoms with E-state index in [1.165, 1.54) is 6.42 Å². The summed E-state index contributed by atoms with van der Waals surface area (Å²) in [4.78, 5) is 11.0. The highest BCUT2D eigenvalue weighted by atomic mass is 15.3. The molecule has 2 aromatic rings. The summed E-state index contributed by atoms with van der Waals surface area (Å²) in [5.41, 5.74) is 6.52. The lowest BCUT2D eigenvalue weighted by Crippen LogP contribution is -2.21. The number of aryl methyl sites for hydroxylation is 1. The van der Waals surface area contributed by atoms with Gasteiger partial charge < -0.3 is 10.6 Å². The number of rotatable bonds is 3. The molecule has 3 rings (SSSR count). The molecule has 2 N–H and O–H groups in total. The summed E-state index contributed by atoms with van der Waals surface area (Å²) in [6, 6.07) is 0. The van der Waals surface area contributed by atoms with Gasteiger partial charge in [-0.1, -0.05) is 0 Å². The predicted molar refractivity (Wildman–Crippen MR) is 70.3 cm³/mol. The van der Waals surface area contributed by atoms with Crippen molar-refractivity contribution in [2.75, 3.05) is 24.5 Å². The maximum absolute atomic E-state index is 5.63. The lowest BCUT2D eigenvalue weighted by molar-refractivity contribution is 0.546. The first kappa shape index (κ1) is 11.4. The van der Waals surface area contributed by atoms with Crippen LogP contribution < -0.4 is 10.6 Å². The lowest BCUT2D eigenvalue weighted by atomic mass is 10.1. The van der Waals surface area contributed by atoms with Crippen molar-refractivity contribution in [2.45, 2.75) is 12.8 Å². The number of hydrogen-bond acceptors (Lipinski definition) is 5. The maximum atomic E-state index is 5.63. The zero-order valence-corrected chi connectivity index (χ0v) is 10.6. The molecule has 0 saturated carbocycles. The summed E-state index contributed by atoms with van der Waals surface area (Å²) in [5.74, 6) is 1.70. The van der Waals surface area contributed by atoms with Crippen LogP contribution in [0.3, 0.4) is 0 Å². The minimum Gasteiger partial charge on any atom is -0.356 e. The fraction of sp³-hybridized carbons (Fsp3) is 0.583. The quantitative estimate of drug-likeness (QED) is 0.855. The van der Waals surface area contributed by atoms with Crippen LogP contribution in [-0.4, -0.2) is 39.4 Å². The Hall–Kier alpha value is -1.69. The van der Waals surface area contributed by atoms with Crippen LogP contribution >= 0.6 is 0 Å². The Kier molecular flexibility index (Phi) is 2.87. The summed E-state index contributed by atoms with van der Waals surface area (Å²) in [6.45, 7) is 2.86. The summed E-state index contributed by atoms with van der Waals surface area (Å²) in [5, 5.41) is 5.29. The van der Waals surface area contributed by atoms with Crippen molar-refractivity contribution >= 4 is 16.9 Å². The molecular weight excluding hydrogens is 228 g/mol. The molecule has 0 spiro atoms. The Morgan fingerprint density at radius 1 is 1.44 bits per heavy atom. The van der Waals surface area contributed by atoms with Crippen LogP contribution in [0.25, 0.3) is 11.0 Å². The van der Waals surface area contributed by atoms with Crippen molar-refractivity contribution in [3.05, 3.63) is 12.5 Å². The summed E-state index contributed by atoms with van der Waals surface area (Å²) < 4.78 is 1.79. The van der Waals surface area contributed by atoms with Gasteiger partial charge >= 0.3 is 0 Å². The highest BCUT2D eigenvalue weighted by Gasteiger charge is 2.24. The van der Waals surface area contributed by atoms with E-state index in [1.807, 2.05) is 13.2 Å². The maximum Gasteiger partial charge on any atom is 0.163 e. The second-order valence-corrected chi connectivity index (χ2v) is 4.88. The Labute approximate surface area is 106 Å². The molecule has 1 saturated heterocycles. The van der Waals surface area contributed by atoms with Crippen molar-refractivity contribution in [1.82, 2.24) is 19.7 Å². The lowest BCUT2D eigenvalue weighted by Gasteiger charge is -2.17. The fourth-order valence-electron chi connectivity index (χ4n) is 2.70. The zero-order valence-electron chi connectivity index (χ0n) is 10.6. The van der Waals surface area contributed by atoms with Crippen LogP contribution in [0.2, 0.25) is 0 Å². The highest BCUT2D eigenvalue weighted by Crippen LogP contribution is 2.28. The van der Waals surface area contributed by atoms with E-state index in [9.17, 15) is 0 Å². The zero-order chi connectivity index (χ0) is 12.5. The molecule has 1 aliphatic rings. The van der Waals surface area contributed by atoms with Crippen LogP contribution in [0, 0.1) is 5.92 Å². The summed E-state index contributed by atoms with van der Waals surface area (Å²) >= 11 is 0. The van der Waals surface area contributed by atoms with Crippen molar-refractivity contribution in [3.63, 3.8) is 0 Å². The van der Waals surface area contributed by atoms with Crippen LogP contribution in [0.5, 0.6) is 0 Å². The number of nitrogens with two attached hydrogens (primary N) is 1. The molecule has 2 aromatic heterocycles. The topological polar surface area (TPSA) is 72.9 Å². The van der Waals surface area contributed by atoms with Gasteiger partial charge in [0.1, 0.15) is 12.1 Å². The Balaban J connectivity index is 1.91. The second kappa shape index (κ2) is 4.53. The van der Waals surface area contributed by atoms with Gasteiger partial charge in [-0.05, 0) is 25.3 Å². The molecule has 1 unspecified atom stereocenters. The largest absolute Gasteiger partial charge is 0.356 e. The van der Waals surface area contributed by atoms with Gasteiger partial charge in [-0.15, -0.1) is 0 Å². The van der Waals surface area contributed by atoms with Crippen molar-refractivity contribution < 1.29 is 0 Å². The number of fused-ring (bicyclic) bond motifs is 1. The molecule has 3 heterocycles. The van der Waals surface area contributed by atoms with Gasteiger partial charge in [-0.2, -0.15) is 5.10 Å². The first-order valence-corrected chi connectivity index (χ1v) is 6.37. The van der Waals surface area contributed by atoms with Crippen LogP contribution in [0.4, 0.5) is 5.82 Å². The van der Waals surface area contributed by atoms with Gasteiger partial charge in [0.15, 0.2) is 5.65 Å². The van der Waals surface area contributed by atoms with Crippen LogP contribution in [-0.2, 0) is 7.05 Å². The first-order chi connectivity index (χ1) is 8.79. The third-order valence-corrected chi connectivity index (χ3v) is 3.67. The molecule has 6 heteroatoms. The molecule has 0 bridgehead atoms. The molecule has 1 fully saturated rings. The van der Waals surface area contributed by atoms with Crippen molar-refractivity contribution in [1.29, 1.82) is 0 Å². The van der Waals surface area contributed by atoms with Crippen LogP contribution in [0.15, 0.2) is 12.5 Å². The SMILES string of the molecule is Cn1ncc2c(N3CCC(CCN)C3)ncnc21. The molecule has 96 valence electrons. The van der Waals surface area contributed by atoms with Gasteiger partial charge in [0.05, 0.1) is 11.6 Å². The van der Waals surface area contributed by atoms with Gasteiger partial charge in [-0.3, -0.25) is 4.68 Å². The van der Waals surface area contributed by atoms with Crippen molar-refractivity contribution in [2.24, 2.45) is 18.7 Å². The molecule has 18 heavy (non-hydrogen) atoms. The third kappa shape index (κ3) is 1.82. The van der Waals surface area contributed by atoms with E-state index in [4.69, 9.17) is 5.73 Å². The van der Waals surface area contributed by atoms with E-state index in [0.29, 0.717) is 5.92 Å². The van der Waals surface area contributed by atoms with E-state index in [1.54, 1.807) is 11.0 Å². The minimum atomic E-state index is 0.691. The Morgan fingerprint density at radius 2 is 2.33 bits per heavy atom. The molecule has 1 aliphatic heterocycles. The minimum absolute atomic E-state index is 0.691. The molecule has 0 radical (unpaired) electrons. The fourth-order valence-corrected chi connectivity index (χ4v) is 2.70. The van der Waals surface area contributed by atoms with Crippen molar-refractivity contribution in [3.8, 4) is 0 Å². The number of anilines is 1. The summed E-state index contributed by atoms with van der Waals surface area (Å²) in [7, 11) is 1.90. The predicted octanol–water partition coefficient (Wildman–Crippen LogP) is 0.538.